The van der Waals surface area contributed by atoms with Crippen LogP contribution < -0.4 is 11.2 Å². The van der Waals surface area contributed by atoms with Crippen LogP contribution in [0.4, 0.5) is 10.1 Å². The van der Waals surface area contributed by atoms with Gasteiger partial charge in [-0.15, -0.1) is 0 Å². The number of nitro groups is 1. The van der Waals surface area contributed by atoms with Crippen LogP contribution in [0.15, 0.2) is 34.0 Å². The molecule has 0 saturated carbocycles. The number of nitro benzene ring substituents is 1. The van der Waals surface area contributed by atoms with E-state index in [2.05, 4.69) is 4.98 Å². The van der Waals surface area contributed by atoms with E-state index in [1.807, 2.05) is 0 Å². The maximum Gasteiger partial charge on any atom is 0.328 e. The zero-order chi connectivity index (χ0) is 15.6. The van der Waals surface area contributed by atoms with Gasteiger partial charge in [0, 0.05) is 17.8 Å². The highest BCUT2D eigenvalue weighted by atomic mass is 19.1. The van der Waals surface area contributed by atoms with Crippen LogP contribution in [0.2, 0.25) is 0 Å². The molecular formula is C13H12FN3O4. The van der Waals surface area contributed by atoms with Gasteiger partial charge in [0.25, 0.3) is 11.2 Å². The van der Waals surface area contributed by atoms with Crippen molar-refractivity contribution in [2.75, 3.05) is 0 Å². The van der Waals surface area contributed by atoms with Crippen LogP contribution in [0.25, 0.3) is 0 Å². The highest BCUT2D eigenvalue weighted by Crippen LogP contribution is 2.20. The van der Waals surface area contributed by atoms with Gasteiger partial charge in [0.15, 0.2) is 0 Å². The second-order valence-electron chi connectivity index (χ2n) is 4.43. The monoisotopic (exact) mass is 293 g/mol. The third-order valence-corrected chi connectivity index (χ3v) is 3.04. The molecule has 0 unspecified atom stereocenters. The zero-order valence-electron chi connectivity index (χ0n) is 11.1. The quantitative estimate of drug-likeness (QED) is 0.676. The number of aryl methyl sites for hydroxylation is 1. The van der Waals surface area contributed by atoms with Gasteiger partial charge in [-0.2, -0.15) is 0 Å². The molecule has 110 valence electrons. The molecule has 0 atom stereocenters. The fourth-order valence-electron chi connectivity index (χ4n) is 1.97. The molecule has 1 N–H and O–H groups in total. The first-order valence-corrected chi connectivity index (χ1v) is 6.17. The number of aromatic nitrogens is 2. The molecule has 0 fully saturated rings. The van der Waals surface area contributed by atoms with E-state index in [0.717, 1.165) is 22.8 Å². The average molecular weight is 293 g/mol. The molecule has 7 nitrogen and oxygen atoms in total. The Kier molecular flexibility index (Phi) is 3.97. The summed E-state index contributed by atoms with van der Waals surface area (Å²) in [5, 5.41) is 10.9. The lowest BCUT2D eigenvalue weighted by molar-refractivity contribution is -0.385. The molecule has 0 bridgehead atoms. The van der Waals surface area contributed by atoms with Crippen molar-refractivity contribution in [1.29, 1.82) is 0 Å². The van der Waals surface area contributed by atoms with Crippen LogP contribution in [0.3, 0.4) is 0 Å². The first kappa shape index (κ1) is 14.6. The predicted molar refractivity (Wildman–Crippen MR) is 72.9 cm³/mol. The summed E-state index contributed by atoms with van der Waals surface area (Å²) in [6.07, 6.45) is 1.73. The summed E-state index contributed by atoms with van der Waals surface area (Å²) in [6.45, 7) is 1.54. The molecule has 0 radical (unpaired) electrons. The SMILES string of the molecule is CCc1cn(Cc2cc(F)ccc2[N+](=O)[O-])c(=O)[nH]c1=O. The van der Waals surface area contributed by atoms with Crippen LogP contribution >= 0.6 is 0 Å². The Balaban J connectivity index is 2.52. The summed E-state index contributed by atoms with van der Waals surface area (Å²) in [5.41, 5.74) is -1.05. The van der Waals surface area contributed by atoms with E-state index >= 15 is 0 Å². The lowest BCUT2D eigenvalue weighted by Crippen LogP contribution is -2.32. The Labute approximate surface area is 117 Å². The van der Waals surface area contributed by atoms with Gasteiger partial charge in [-0.25, -0.2) is 9.18 Å². The van der Waals surface area contributed by atoms with Crippen LogP contribution in [0.5, 0.6) is 0 Å². The number of benzene rings is 1. The molecule has 21 heavy (non-hydrogen) atoms. The van der Waals surface area contributed by atoms with E-state index in [0.29, 0.717) is 12.0 Å². The van der Waals surface area contributed by atoms with Gasteiger partial charge < -0.3 is 0 Å². The number of H-pyrrole nitrogens is 1. The maximum atomic E-state index is 13.3. The van der Waals surface area contributed by atoms with Gasteiger partial charge in [0.05, 0.1) is 17.0 Å². The number of hydrogen-bond donors (Lipinski definition) is 1. The summed E-state index contributed by atoms with van der Waals surface area (Å²) in [5.74, 6) is -0.635. The molecule has 1 aromatic carbocycles. The van der Waals surface area contributed by atoms with Gasteiger partial charge in [-0.05, 0) is 18.6 Å². The molecule has 0 aliphatic heterocycles. The fraction of sp³-hybridized carbons (Fsp3) is 0.231. The molecule has 1 aromatic heterocycles. The van der Waals surface area contributed by atoms with Gasteiger partial charge in [0.1, 0.15) is 5.82 Å². The molecule has 0 spiro atoms. The lowest BCUT2D eigenvalue weighted by atomic mass is 10.1. The van der Waals surface area contributed by atoms with Crippen LogP contribution in [0, 0.1) is 15.9 Å². The van der Waals surface area contributed by atoms with Crippen molar-refractivity contribution in [1.82, 2.24) is 9.55 Å². The molecule has 0 aliphatic rings. The minimum Gasteiger partial charge on any atom is -0.296 e. The second-order valence-corrected chi connectivity index (χ2v) is 4.43. The number of nitrogens with one attached hydrogen (secondary N) is 1. The fourth-order valence-corrected chi connectivity index (χ4v) is 1.97. The van der Waals surface area contributed by atoms with E-state index in [1.54, 1.807) is 6.92 Å². The third-order valence-electron chi connectivity index (χ3n) is 3.04. The third kappa shape index (κ3) is 3.04. The van der Waals surface area contributed by atoms with Gasteiger partial charge in [-0.3, -0.25) is 24.5 Å². The minimum atomic E-state index is -0.698. The van der Waals surface area contributed by atoms with Crippen molar-refractivity contribution < 1.29 is 9.31 Å². The molecule has 8 heteroatoms. The van der Waals surface area contributed by atoms with Crippen molar-refractivity contribution in [2.24, 2.45) is 0 Å². The lowest BCUT2D eigenvalue weighted by Gasteiger charge is -2.07. The highest BCUT2D eigenvalue weighted by Gasteiger charge is 2.15. The van der Waals surface area contributed by atoms with Crippen molar-refractivity contribution in [3.8, 4) is 0 Å². The molecule has 0 aliphatic carbocycles. The van der Waals surface area contributed by atoms with Crippen molar-refractivity contribution >= 4 is 5.69 Å². The van der Waals surface area contributed by atoms with Gasteiger partial charge in [0.2, 0.25) is 0 Å². The van der Waals surface area contributed by atoms with Crippen molar-refractivity contribution in [3.05, 3.63) is 72.3 Å². The van der Waals surface area contributed by atoms with E-state index in [1.165, 1.54) is 6.20 Å². The summed E-state index contributed by atoms with van der Waals surface area (Å²) >= 11 is 0. The predicted octanol–water partition coefficient (Wildman–Crippen LogP) is 1.19. The Hall–Kier alpha value is -2.77. The van der Waals surface area contributed by atoms with E-state index in [-0.39, 0.29) is 17.8 Å². The Morgan fingerprint density at radius 2 is 2.05 bits per heavy atom. The molecule has 1 heterocycles. The second kappa shape index (κ2) is 5.70. The summed E-state index contributed by atoms with van der Waals surface area (Å²) in [6, 6.07) is 3.03. The van der Waals surface area contributed by atoms with Crippen LogP contribution in [0.1, 0.15) is 18.1 Å². The smallest absolute Gasteiger partial charge is 0.296 e. The first-order chi connectivity index (χ1) is 9.92. The topological polar surface area (TPSA) is 98.0 Å². The highest BCUT2D eigenvalue weighted by molar-refractivity contribution is 5.40. The maximum absolute atomic E-state index is 13.3. The number of hydrogen-bond acceptors (Lipinski definition) is 4. The summed E-state index contributed by atoms with van der Waals surface area (Å²) in [7, 11) is 0. The molecular weight excluding hydrogens is 281 g/mol. The zero-order valence-corrected chi connectivity index (χ0v) is 11.1. The van der Waals surface area contributed by atoms with E-state index in [4.69, 9.17) is 0 Å². The summed E-state index contributed by atoms with van der Waals surface area (Å²) < 4.78 is 14.4. The largest absolute Gasteiger partial charge is 0.328 e. The standard InChI is InChI=1S/C13H12FN3O4/c1-2-8-6-16(13(19)15-12(8)18)7-9-5-10(14)3-4-11(9)17(20)21/h3-6H,2,7H2,1H3,(H,15,18,19). The van der Waals surface area contributed by atoms with Crippen LogP contribution in [-0.2, 0) is 13.0 Å². The molecule has 2 rings (SSSR count). The van der Waals surface area contributed by atoms with Gasteiger partial charge in [-0.1, -0.05) is 6.92 Å². The Morgan fingerprint density at radius 1 is 1.33 bits per heavy atom. The Morgan fingerprint density at radius 3 is 2.67 bits per heavy atom. The molecule has 0 saturated heterocycles. The summed E-state index contributed by atoms with van der Waals surface area (Å²) in [4.78, 5) is 35.6. The van der Waals surface area contributed by atoms with E-state index in [9.17, 15) is 24.1 Å². The number of nitrogens with zero attached hydrogens (tertiary/aromatic N) is 2. The number of rotatable bonds is 4. The first-order valence-electron chi connectivity index (χ1n) is 6.17. The van der Waals surface area contributed by atoms with E-state index < -0.39 is 22.0 Å². The Bertz CT molecular complexity index is 810. The number of aromatic amines is 1. The minimum absolute atomic E-state index is 0.0520. The normalized spacial score (nSPS) is 10.6. The molecule has 0 amide bonds. The van der Waals surface area contributed by atoms with Crippen LogP contribution in [-0.4, -0.2) is 14.5 Å². The average Bonchev–Trinajstić information content (AvgIpc) is 2.41. The molecule has 2 aromatic rings. The van der Waals surface area contributed by atoms with Crippen molar-refractivity contribution in [2.45, 2.75) is 19.9 Å². The van der Waals surface area contributed by atoms with Gasteiger partial charge >= 0.3 is 5.69 Å². The number of halogens is 1. The van der Waals surface area contributed by atoms with Crippen molar-refractivity contribution in [3.63, 3.8) is 0 Å².